The van der Waals surface area contributed by atoms with Crippen LogP contribution in [0.2, 0.25) is 0 Å². The zero-order chi connectivity index (χ0) is 18.1. The zero-order valence-corrected chi connectivity index (χ0v) is 15.7. The molecule has 1 fully saturated rings. The Bertz CT molecular complexity index is 895. The monoisotopic (exact) mass is 363 g/mol. The lowest BCUT2D eigenvalue weighted by Gasteiger charge is -2.17. The first-order valence-corrected chi connectivity index (χ1v) is 10.5. The molecule has 7 heteroatoms. The summed E-state index contributed by atoms with van der Waals surface area (Å²) in [5.74, 6) is 1.76. The summed E-state index contributed by atoms with van der Waals surface area (Å²) < 4.78 is 29.0. The highest BCUT2D eigenvalue weighted by molar-refractivity contribution is 7.90. The Balaban J connectivity index is 1.59. The van der Waals surface area contributed by atoms with Crippen molar-refractivity contribution in [3.63, 3.8) is 0 Å². The van der Waals surface area contributed by atoms with Gasteiger partial charge in [0.05, 0.1) is 12.3 Å². The molecule has 6 nitrogen and oxygen atoms in total. The molecule has 0 radical (unpaired) electrons. The number of hydrogen-bond donors (Lipinski definition) is 2. The largest absolute Gasteiger partial charge is 0.459 e. The minimum atomic E-state index is -2.96. The SMILES string of the molecule is CN=C(NCc1oc2ccccc2c1C)NCC1(CS(C)(=O)=O)CC1. The molecule has 0 bridgehead atoms. The molecule has 1 saturated carbocycles. The number of aryl methyl sites for hydroxylation is 1. The summed E-state index contributed by atoms with van der Waals surface area (Å²) in [6.45, 7) is 3.18. The normalized spacial score (nSPS) is 16.8. The Kier molecular flexibility index (Phi) is 4.77. The van der Waals surface area contributed by atoms with Crippen LogP contribution in [0.25, 0.3) is 11.0 Å². The van der Waals surface area contributed by atoms with Crippen molar-refractivity contribution in [2.24, 2.45) is 10.4 Å². The molecule has 1 aromatic carbocycles. The Morgan fingerprint density at radius 2 is 2.00 bits per heavy atom. The highest BCUT2D eigenvalue weighted by Gasteiger charge is 2.45. The summed E-state index contributed by atoms with van der Waals surface area (Å²) in [6.07, 6.45) is 3.17. The molecule has 3 rings (SSSR count). The van der Waals surface area contributed by atoms with E-state index >= 15 is 0 Å². The van der Waals surface area contributed by atoms with Crippen molar-refractivity contribution >= 4 is 26.8 Å². The molecule has 0 atom stereocenters. The van der Waals surface area contributed by atoms with Gasteiger partial charge >= 0.3 is 0 Å². The van der Waals surface area contributed by atoms with Crippen molar-refractivity contribution in [2.45, 2.75) is 26.3 Å². The second-order valence-corrected chi connectivity index (χ2v) is 9.14. The Morgan fingerprint density at radius 1 is 1.28 bits per heavy atom. The molecule has 0 saturated heterocycles. The van der Waals surface area contributed by atoms with E-state index in [2.05, 4.69) is 15.6 Å². The van der Waals surface area contributed by atoms with Crippen molar-refractivity contribution < 1.29 is 12.8 Å². The first-order valence-electron chi connectivity index (χ1n) is 8.41. The molecule has 0 spiro atoms. The van der Waals surface area contributed by atoms with Crippen LogP contribution in [0.1, 0.15) is 24.2 Å². The summed E-state index contributed by atoms with van der Waals surface area (Å²) >= 11 is 0. The molecule has 25 heavy (non-hydrogen) atoms. The van der Waals surface area contributed by atoms with E-state index < -0.39 is 9.84 Å². The predicted octanol–water partition coefficient (Wildman–Crippen LogP) is 2.23. The van der Waals surface area contributed by atoms with Crippen molar-refractivity contribution in [1.82, 2.24) is 10.6 Å². The quantitative estimate of drug-likeness (QED) is 0.607. The van der Waals surface area contributed by atoms with Crippen LogP contribution in [0.3, 0.4) is 0 Å². The van der Waals surface area contributed by atoms with Gasteiger partial charge in [-0.15, -0.1) is 0 Å². The number of rotatable bonds is 6. The van der Waals surface area contributed by atoms with Gasteiger partial charge in [-0.05, 0) is 25.8 Å². The summed E-state index contributed by atoms with van der Waals surface area (Å²) in [5.41, 5.74) is 1.86. The Morgan fingerprint density at radius 3 is 2.60 bits per heavy atom. The number of hydrogen-bond acceptors (Lipinski definition) is 4. The lowest BCUT2D eigenvalue weighted by molar-refractivity contribution is 0.519. The van der Waals surface area contributed by atoms with Crippen LogP contribution < -0.4 is 10.6 Å². The lowest BCUT2D eigenvalue weighted by atomic mass is 10.1. The smallest absolute Gasteiger partial charge is 0.191 e. The van der Waals surface area contributed by atoms with Gasteiger partial charge in [0, 0.05) is 36.2 Å². The molecule has 1 heterocycles. The first kappa shape index (κ1) is 17.8. The third-order valence-corrected chi connectivity index (χ3v) is 5.88. The number of para-hydroxylation sites is 1. The number of aliphatic imine (C=N–C) groups is 1. The number of nitrogens with zero attached hydrogens (tertiary/aromatic N) is 1. The van der Waals surface area contributed by atoms with Gasteiger partial charge in [0.2, 0.25) is 0 Å². The maximum Gasteiger partial charge on any atom is 0.191 e. The highest BCUT2D eigenvalue weighted by Crippen LogP contribution is 2.45. The minimum absolute atomic E-state index is 0.138. The van der Waals surface area contributed by atoms with Crippen LogP contribution >= 0.6 is 0 Å². The third kappa shape index (κ3) is 4.34. The molecule has 2 N–H and O–H groups in total. The summed E-state index contributed by atoms with van der Waals surface area (Å²) in [4.78, 5) is 4.22. The fourth-order valence-electron chi connectivity index (χ4n) is 3.15. The van der Waals surface area contributed by atoms with Crippen LogP contribution in [0.5, 0.6) is 0 Å². The summed E-state index contributed by atoms with van der Waals surface area (Å²) in [7, 11) is -1.26. The molecule has 136 valence electrons. The summed E-state index contributed by atoms with van der Waals surface area (Å²) in [6, 6.07) is 7.97. The standard InChI is InChI=1S/C18H25N3O3S/c1-13-14-6-4-5-7-15(14)24-16(13)10-20-17(19-2)21-11-18(8-9-18)12-25(3,22)23/h4-7H,8-12H2,1-3H3,(H2,19,20,21). The van der Waals surface area contributed by atoms with E-state index in [9.17, 15) is 8.42 Å². The molecule has 2 aromatic rings. The predicted molar refractivity (Wildman–Crippen MR) is 101 cm³/mol. The van der Waals surface area contributed by atoms with Gasteiger partial charge in [-0.3, -0.25) is 4.99 Å². The molecule has 1 aliphatic carbocycles. The van der Waals surface area contributed by atoms with Crippen LogP contribution in [-0.4, -0.2) is 40.0 Å². The lowest BCUT2D eigenvalue weighted by Crippen LogP contribution is -2.41. The van der Waals surface area contributed by atoms with E-state index in [0.717, 1.165) is 35.1 Å². The fourth-order valence-corrected chi connectivity index (χ4v) is 4.66. The van der Waals surface area contributed by atoms with E-state index in [1.54, 1.807) is 7.05 Å². The molecule has 1 aliphatic rings. The number of guanidine groups is 1. The summed E-state index contributed by atoms with van der Waals surface area (Å²) in [5, 5.41) is 7.62. The van der Waals surface area contributed by atoms with Gasteiger partial charge in [0.25, 0.3) is 0 Å². The number of fused-ring (bicyclic) bond motifs is 1. The van der Waals surface area contributed by atoms with Gasteiger partial charge in [-0.1, -0.05) is 18.2 Å². The number of furan rings is 1. The van der Waals surface area contributed by atoms with Gasteiger partial charge in [-0.25, -0.2) is 8.42 Å². The second-order valence-electron chi connectivity index (χ2n) is 7.00. The Hall–Kier alpha value is -2.02. The van der Waals surface area contributed by atoms with E-state index in [-0.39, 0.29) is 11.2 Å². The Labute approximate surface area is 148 Å². The van der Waals surface area contributed by atoms with E-state index in [1.165, 1.54) is 6.26 Å². The average molecular weight is 363 g/mol. The minimum Gasteiger partial charge on any atom is -0.459 e. The van der Waals surface area contributed by atoms with E-state index in [1.807, 2.05) is 31.2 Å². The maximum atomic E-state index is 11.5. The molecular weight excluding hydrogens is 338 g/mol. The number of sulfone groups is 1. The van der Waals surface area contributed by atoms with Gasteiger partial charge in [0.15, 0.2) is 5.96 Å². The van der Waals surface area contributed by atoms with Crippen LogP contribution in [-0.2, 0) is 16.4 Å². The second kappa shape index (κ2) is 6.71. The number of benzene rings is 1. The van der Waals surface area contributed by atoms with Crippen molar-refractivity contribution in [2.75, 3.05) is 25.6 Å². The molecule has 0 amide bonds. The van der Waals surface area contributed by atoms with Gasteiger partial charge in [-0.2, -0.15) is 0 Å². The van der Waals surface area contributed by atoms with Crippen molar-refractivity contribution in [3.8, 4) is 0 Å². The molecule has 0 unspecified atom stereocenters. The van der Waals surface area contributed by atoms with Crippen molar-refractivity contribution in [1.29, 1.82) is 0 Å². The molecular formula is C18H25N3O3S. The van der Waals surface area contributed by atoms with Gasteiger partial charge in [0.1, 0.15) is 21.2 Å². The first-order chi connectivity index (χ1) is 11.8. The maximum absolute atomic E-state index is 11.5. The number of nitrogens with one attached hydrogen (secondary N) is 2. The van der Waals surface area contributed by atoms with Crippen LogP contribution in [0.4, 0.5) is 0 Å². The van der Waals surface area contributed by atoms with Gasteiger partial charge < -0.3 is 15.1 Å². The van der Waals surface area contributed by atoms with E-state index in [0.29, 0.717) is 19.0 Å². The zero-order valence-electron chi connectivity index (χ0n) is 14.9. The topological polar surface area (TPSA) is 83.7 Å². The van der Waals surface area contributed by atoms with E-state index in [4.69, 9.17) is 4.42 Å². The van der Waals surface area contributed by atoms with Crippen LogP contribution in [0.15, 0.2) is 33.7 Å². The van der Waals surface area contributed by atoms with Crippen molar-refractivity contribution in [3.05, 3.63) is 35.6 Å². The highest BCUT2D eigenvalue weighted by atomic mass is 32.2. The molecule has 0 aliphatic heterocycles. The molecule has 1 aromatic heterocycles. The van der Waals surface area contributed by atoms with Crippen LogP contribution in [0, 0.1) is 12.3 Å². The average Bonchev–Trinajstić information content (AvgIpc) is 3.23. The third-order valence-electron chi connectivity index (χ3n) is 4.74. The fraction of sp³-hybridized carbons (Fsp3) is 0.500.